The molecule has 3 atom stereocenters. The van der Waals surface area contributed by atoms with Crippen molar-refractivity contribution >= 4 is 11.9 Å². The van der Waals surface area contributed by atoms with Gasteiger partial charge in [0.15, 0.2) is 0 Å². The number of carboxylic acids is 1. The van der Waals surface area contributed by atoms with Crippen LogP contribution in [0.4, 0.5) is 0 Å². The molecule has 0 aliphatic heterocycles. The molecule has 5 nitrogen and oxygen atoms in total. The van der Waals surface area contributed by atoms with Crippen LogP contribution in [-0.4, -0.2) is 24.1 Å². The Balaban J connectivity index is 1.90. The second kappa shape index (κ2) is 8.95. The van der Waals surface area contributed by atoms with E-state index in [0.29, 0.717) is 12.8 Å². The van der Waals surface area contributed by atoms with Crippen molar-refractivity contribution in [3.05, 3.63) is 76.9 Å². The average molecular weight is 393 g/mol. The number of hydrogen-bond donors (Lipinski definition) is 2. The largest absolute Gasteiger partial charge is 0.497 e. The van der Waals surface area contributed by atoms with Crippen LogP contribution >= 0.6 is 0 Å². The molecular weight excluding hydrogens is 366 g/mol. The van der Waals surface area contributed by atoms with Gasteiger partial charge in [0.1, 0.15) is 5.75 Å². The Bertz CT molecular complexity index is 902. The van der Waals surface area contributed by atoms with Gasteiger partial charge in [0.25, 0.3) is 0 Å². The molecule has 5 heteroatoms. The quantitative estimate of drug-likeness (QED) is 0.716. The van der Waals surface area contributed by atoms with Crippen molar-refractivity contribution in [2.75, 3.05) is 7.11 Å². The number of carboxylic acid groups (broad SMARTS) is 1. The monoisotopic (exact) mass is 393 g/mol. The van der Waals surface area contributed by atoms with Crippen molar-refractivity contribution in [3.8, 4) is 5.75 Å². The van der Waals surface area contributed by atoms with Gasteiger partial charge in [0.05, 0.1) is 25.0 Å². The van der Waals surface area contributed by atoms with Gasteiger partial charge in [-0.1, -0.05) is 53.6 Å². The summed E-state index contributed by atoms with van der Waals surface area (Å²) in [6.45, 7) is 3.93. The van der Waals surface area contributed by atoms with Crippen molar-refractivity contribution < 1.29 is 19.4 Å². The Morgan fingerprint density at radius 3 is 2.03 bits per heavy atom. The molecule has 0 fully saturated rings. The molecule has 0 radical (unpaired) electrons. The SMILES string of the molecule is COc1ccc([C@@H](NC(=O)[C@@H]2CC(C)=C(C)C[C@@H]2C(=O)O)c2ccccc2)cc1. The normalized spacial score (nSPS) is 20.1. The molecule has 1 aliphatic carbocycles. The van der Waals surface area contributed by atoms with Crippen molar-refractivity contribution in [3.63, 3.8) is 0 Å². The lowest BCUT2D eigenvalue weighted by molar-refractivity contribution is -0.147. The van der Waals surface area contributed by atoms with Gasteiger partial charge in [-0.15, -0.1) is 0 Å². The number of ether oxygens (including phenoxy) is 1. The van der Waals surface area contributed by atoms with E-state index in [-0.39, 0.29) is 11.9 Å². The van der Waals surface area contributed by atoms with Crippen LogP contribution in [-0.2, 0) is 9.59 Å². The van der Waals surface area contributed by atoms with Crippen LogP contribution in [0.5, 0.6) is 5.75 Å². The molecular formula is C24H27NO4. The summed E-state index contributed by atoms with van der Waals surface area (Å²) in [5, 5.41) is 12.8. The standard InChI is InChI=1S/C24H27NO4/c1-15-13-20(21(24(27)28)14-16(15)2)23(26)25-22(17-7-5-4-6-8-17)18-9-11-19(29-3)12-10-18/h4-12,20-22H,13-14H2,1-3H3,(H,25,26)(H,27,28)/t20-,21+,22+/m1/s1. The fraction of sp³-hybridized carbons (Fsp3) is 0.333. The number of carbonyl (C=O) groups excluding carboxylic acids is 1. The Morgan fingerprint density at radius 2 is 1.48 bits per heavy atom. The fourth-order valence-electron chi connectivity index (χ4n) is 3.88. The van der Waals surface area contributed by atoms with Crippen LogP contribution in [0.15, 0.2) is 65.7 Å². The van der Waals surface area contributed by atoms with Gasteiger partial charge in [0.2, 0.25) is 5.91 Å². The number of benzene rings is 2. The smallest absolute Gasteiger partial charge is 0.307 e. The predicted octanol–water partition coefficient (Wildman–Crippen LogP) is 4.35. The number of methoxy groups -OCH3 is 1. The predicted molar refractivity (Wildman–Crippen MR) is 112 cm³/mol. The summed E-state index contributed by atoms with van der Waals surface area (Å²) in [7, 11) is 1.61. The third kappa shape index (κ3) is 4.67. The Kier molecular flexibility index (Phi) is 6.37. The minimum absolute atomic E-state index is 0.228. The van der Waals surface area contributed by atoms with Gasteiger partial charge < -0.3 is 15.2 Å². The van der Waals surface area contributed by atoms with E-state index in [1.165, 1.54) is 0 Å². The molecule has 1 amide bonds. The highest BCUT2D eigenvalue weighted by Gasteiger charge is 2.38. The highest BCUT2D eigenvalue weighted by molar-refractivity contribution is 5.86. The van der Waals surface area contributed by atoms with E-state index in [4.69, 9.17) is 4.74 Å². The maximum absolute atomic E-state index is 13.2. The van der Waals surface area contributed by atoms with Crippen LogP contribution in [0.2, 0.25) is 0 Å². The second-order valence-electron chi connectivity index (χ2n) is 7.65. The van der Waals surface area contributed by atoms with E-state index < -0.39 is 17.8 Å². The topological polar surface area (TPSA) is 75.6 Å². The molecule has 0 spiro atoms. The molecule has 0 saturated carbocycles. The number of rotatable bonds is 6. The third-order valence-electron chi connectivity index (χ3n) is 5.79. The minimum atomic E-state index is -0.919. The maximum Gasteiger partial charge on any atom is 0.307 e. The maximum atomic E-state index is 13.2. The summed E-state index contributed by atoms with van der Waals surface area (Å²) in [6.07, 6.45) is 0.885. The molecule has 0 aromatic heterocycles. The summed E-state index contributed by atoms with van der Waals surface area (Å²) in [5.74, 6) is -1.69. The summed E-state index contributed by atoms with van der Waals surface area (Å²) in [6, 6.07) is 16.9. The summed E-state index contributed by atoms with van der Waals surface area (Å²) in [4.78, 5) is 25.0. The molecule has 152 valence electrons. The first-order valence-electron chi connectivity index (χ1n) is 9.78. The van der Waals surface area contributed by atoms with Gasteiger partial charge in [-0.3, -0.25) is 9.59 Å². The lowest BCUT2D eigenvalue weighted by Crippen LogP contribution is -2.41. The lowest BCUT2D eigenvalue weighted by Gasteiger charge is -2.31. The van der Waals surface area contributed by atoms with Gasteiger partial charge in [0, 0.05) is 0 Å². The summed E-state index contributed by atoms with van der Waals surface area (Å²) >= 11 is 0. The Hall–Kier alpha value is -3.08. The van der Waals surface area contributed by atoms with Crippen LogP contribution in [0.3, 0.4) is 0 Å². The zero-order valence-electron chi connectivity index (χ0n) is 17.0. The van der Waals surface area contributed by atoms with Crippen molar-refractivity contribution in [2.24, 2.45) is 11.8 Å². The first kappa shape index (κ1) is 20.6. The zero-order chi connectivity index (χ0) is 21.0. The first-order valence-corrected chi connectivity index (χ1v) is 9.78. The van der Waals surface area contributed by atoms with E-state index in [2.05, 4.69) is 5.32 Å². The minimum Gasteiger partial charge on any atom is -0.497 e. The van der Waals surface area contributed by atoms with E-state index >= 15 is 0 Å². The zero-order valence-corrected chi connectivity index (χ0v) is 17.0. The molecule has 0 bridgehead atoms. The van der Waals surface area contributed by atoms with E-state index in [1.807, 2.05) is 68.4 Å². The average Bonchev–Trinajstić information content (AvgIpc) is 2.74. The number of allylic oxidation sites excluding steroid dienone is 2. The molecule has 0 saturated heterocycles. The summed E-state index contributed by atoms with van der Waals surface area (Å²) < 4.78 is 5.24. The van der Waals surface area contributed by atoms with E-state index in [9.17, 15) is 14.7 Å². The second-order valence-corrected chi connectivity index (χ2v) is 7.65. The Morgan fingerprint density at radius 1 is 0.931 bits per heavy atom. The van der Waals surface area contributed by atoms with Crippen molar-refractivity contribution in [2.45, 2.75) is 32.7 Å². The van der Waals surface area contributed by atoms with Crippen LogP contribution in [0, 0.1) is 11.8 Å². The van der Waals surface area contributed by atoms with Gasteiger partial charge in [-0.25, -0.2) is 0 Å². The lowest BCUT2D eigenvalue weighted by atomic mass is 9.76. The Labute approximate surface area is 171 Å². The molecule has 1 aliphatic rings. The van der Waals surface area contributed by atoms with Gasteiger partial charge in [-0.05, 0) is 49.9 Å². The van der Waals surface area contributed by atoms with Crippen LogP contribution < -0.4 is 10.1 Å². The molecule has 2 N–H and O–H groups in total. The van der Waals surface area contributed by atoms with Crippen LogP contribution in [0.1, 0.15) is 43.9 Å². The molecule has 2 aromatic carbocycles. The fourth-order valence-corrected chi connectivity index (χ4v) is 3.88. The number of amides is 1. The van der Waals surface area contributed by atoms with Crippen LogP contribution in [0.25, 0.3) is 0 Å². The highest BCUT2D eigenvalue weighted by Crippen LogP contribution is 2.35. The third-order valence-corrected chi connectivity index (χ3v) is 5.79. The highest BCUT2D eigenvalue weighted by atomic mass is 16.5. The van der Waals surface area contributed by atoms with Crippen molar-refractivity contribution in [1.29, 1.82) is 0 Å². The van der Waals surface area contributed by atoms with E-state index in [0.717, 1.165) is 28.0 Å². The molecule has 3 rings (SSSR count). The number of hydrogen-bond acceptors (Lipinski definition) is 3. The molecule has 0 heterocycles. The van der Waals surface area contributed by atoms with E-state index in [1.54, 1.807) is 7.11 Å². The van der Waals surface area contributed by atoms with Gasteiger partial charge in [-0.2, -0.15) is 0 Å². The van der Waals surface area contributed by atoms with Gasteiger partial charge >= 0.3 is 5.97 Å². The molecule has 0 unspecified atom stereocenters. The molecule has 2 aromatic rings. The number of aliphatic carboxylic acids is 1. The number of carbonyl (C=O) groups is 2. The molecule has 29 heavy (non-hydrogen) atoms. The van der Waals surface area contributed by atoms with Crippen molar-refractivity contribution in [1.82, 2.24) is 5.32 Å². The number of nitrogens with one attached hydrogen (secondary N) is 1. The summed E-state index contributed by atoms with van der Waals surface area (Å²) in [5.41, 5.74) is 4.02. The first-order chi connectivity index (χ1) is 13.9.